The number of aromatic nitrogens is 11. The molecule has 0 radical (unpaired) electrons. The highest BCUT2D eigenvalue weighted by molar-refractivity contribution is 6.61. The number of furan rings is 3. The summed E-state index contributed by atoms with van der Waals surface area (Å²) in [6.07, 6.45) is 11.5. The van der Waals surface area contributed by atoms with Gasteiger partial charge in [-0.15, -0.1) is 12.4 Å². The third-order valence-electron chi connectivity index (χ3n) is 19.5. The largest absolute Gasteiger partial charge is 0.489 e. The number of nitrogens with one attached hydrogen (secondary N) is 3. The van der Waals surface area contributed by atoms with E-state index >= 15 is 0 Å². The number of pyridine rings is 3. The molecule has 0 saturated carbocycles. The molecule has 0 unspecified atom stereocenters. The molecule has 6 saturated heterocycles. The van der Waals surface area contributed by atoms with Crippen molar-refractivity contribution in [1.82, 2.24) is 69.9 Å². The molecule has 6 fully saturated rings. The first-order valence-corrected chi connectivity index (χ1v) is 36.2. The van der Waals surface area contributed by atoms with Gasteiger partial charge in [0.15, 0.2) is 46.3 Å². The monoisotopic (exact) mass is 1530 g/mol. The van der Waals surface area contributed by atoms with Crippen LogP contribution in [0, 0.1) is 0 Å². The number of aromatic amines is 2. The number of piperidine rings is 3. The van der Waals surface area contributed by atoms with E-state index in [0.29, 0.717) is 170 Å². The minimum atomic E-state index is -1.40. The van der Waals surface area contributed by atoms with Gasteiger partial charge in [0.25, 0.3) is 0 Å². The normalized spacial score (nSPS) is 17.3. The molecule has 0 spiro atoms. The fraction of sp³-hybridized carbons (Fsp3) is 0.397. The Balaban J connectivity index is 0.000000127. The zero-order chi connectivity index (χ0) is 71.9. The molecule has 6 aliphatic rings. The van der Waals surface area contributed by atoms with Gasteiger partial charge in [-0.2, -0.15) is 9.97 Å². The second kappa shape index (κ2) is 34.9. The molecule has 27 nitrogen and oxygen atoms in total. The van der Waals surface area contributed by atoms with E-state index in [0.717, 1.165) is 145 Å². The molecular formula is C73H80BCl3F3N17O10. The number of anilines is 3. The van der Waals surface area contributed by atoms with Crippen LogP contribution in [-0.4, -0.2) is 230 Å². The second-order valence-electron chi connectivity index (χ2n) is 26.5. The second-order valence-corrected chi connectivity index (χ2v) is 27.2. The number of hydrogen-bond donors (Lipinski definition) is 5. The van der Waals surface area contributed by atoms with Crippen LogP contribution in [0.1, 0.15) is 60.0 Å². The van der Waals surface area contributed by atoms with Crippen molar-refractivity contribution < 1.29 is 61.0 Å². The molecule has 6 aliphatic heterocycles. The highest BCUT2D eigenvalue weighted by atomic mass is 35.5. The van der Waals surface area contributed by atoms with Crippen molar-refractivity contribution in [2.75, 3.05) is 133 Å². The van der Waals surface area contributed by atoms with E-state index < -0.39 is 25.6 Å². The third-order valence-corrected chi connectivity index (χ3v) is 19.8. The highest BCUT2D eigenvalue weighted by Crippen LogP contribution is 2.39. The molecule has 0 aliphatic carbocycles. The predicted molar refractivity (Wildman–Crippen MR) is 408 cm³/mol. The number of likely N-dealkylation sites (tertiary alicyclic amines) is 2. The Kier molecular flexibility index (Phi) is 24.9. The lowest BCUT2D eigenvalue weighted by Gasteiger charge is -2.28. The van der Waals surface area contributed by atoms with Crippen molar-refractivity contribution in [2.24, 2.45) is 0 Å². The number of aldehydes is 1. The zero-order valence-electron chi connectivity index (χ0n) is 58.3. The average Bonchev–Trinajstić information content (AvgIpc) is 1.62. The summed E-state index contributed by atoms with van der Waals surface area (Å²) in [6.45, 7) is 14.4. The lowest BCUT2D eigenvalue weighted by Crippen LogP contribution is -2.37. The van der Waals surface area contributed by atoms with Gasteiger partial charge in [-0.1, -0.05) is 24.3 Å². The zero-order valence-corrected chi connectivity index (χ0v) is 60.6. The number of carbonyl (C=O) groups is 1. The summed E-state index contributed by atoms with van der Waals surface area (Å²) in [6, 6.07) is 21.2. The van der Waals surface area contributed by atoms with E-state index in [-0.39, 0.29) is 28.5 Å². The molecule has 2 aromatic carbocycles. The number of halogens is 6. The first-order valence-electron chi connectivity index (χ1n) is 35.4. The van der Waals surface area contributed by atoms with Crippen molar-refractivity contribution in [2.45, 2.75) is 70.1 Å². The Morgan fingerprint density at radius 2 is 0.925 bits per heavy atom. The average molecular weight is 1530 g/mol. The number of benzene rings is 2. The van der Waals surface area contributed by atoms with E-state index in [1.807, 2.05) is 47.8 Å². The topological polar surface area (TPSA) is 332 Å². The van der Waals surface area contributed by atoms with Crippen molar-refractivity contribution in [1.29, 1.82) is 0 Å². The number of H-pyrrole nitrogens is 2. The molecule has 562 valence electrons. The Bertz CT molecular complexity index is 5170. The molecule has 0 bridgehead atoms. The van der Waals surface area contributed by atoms with E-state index in [1.54, 1.807) is 24.4 Å². The van der Waals surface area contributed by atoms with E-state index in [4.69, 9.17) is 70.7 Å². The van der Waals surface area contributed by atoms with Gasteiger partial charge in [-0.3, -0.25) is 14.6 Å². The molecule has 11 aromatic heterocycles. The fourth-order valence-corrected chi connectivity index (χ4v) is 14.3. The standard InChI is InChI=1S/C27H27FN6O2.C19H21ClFN5O2.C14H11ClN4O3.C8H8BNO2.C5H10FN.ClH.H2O/c28-18-5-8-33(9-6-18)16-17-14-21-23-24(36-27(21)30-15-17)26(34-10-12-35-13-11-34)32-25(31-23)20-2-1-3-22-19(20)4-7-29-22;20-19-23-15-14-9-12(11-25-3-1-13(21)2-4-25)10-22-18(14)28-16(15)17(24-19)26-5-7-27-8-6-26;15-14-17-10-9-5-8(7-20)6-16-13(9)22-11(10)12(18-14)19-1-3-21-4-2-19;11-9(12)7-2-1-3-8-6(7)4-5-10-8;6-5-1-3-7-4-2-5;;/h1-4,7,14-15,18,29H,5-6,8-13,16H2;9-10,13H,1-8,11H2;5-7H,1-4H2;1-5,10-12H;5,7H,1-4H2;1H;1H2. The number of ether oxygens (including phenoxy) is 3. The number of rotatable bonds is 10. The van der Waals surface area contributed by atoms with Gasteiger partial charge in [0.05, 0.1) is 55.8 Å². The molecule has 19 rings (SSSR count). The molecular weight excluding hydrogens is 1450 g/mol. The number of hydrogen-bond acceptors (Lipinski definition) is 24. The summed E-state index contributed by atoms with van der Waals surface area (Å²) in [7, 11) is -1.40. The van der Waals surface area contributed by atoms with Crippen LogP contribution in [0.4, 0.5) is 30.6 Å². The lowest BCUT2D eigenvalue weighted by atomic mass is 9.78. The third kappa shape index (κ3) is 17.5. The van der Waals surface area contributed by atoms with Gasteiger partial charge in [0, 0.05) is 137 Å². The van der Waals surface area contributed by atoms with E-state index in [2.05, 4.69) is 94.0 Å². The van der Waals surface area contributed by atoms with Crippen LogP contribution in [0.15, 0.2) is 111 Å². The summed E-state index contributed by atoms with van der Waals surface area (Å²) in [5, 5.41) is 25.6. The van der Waals surface area contributed by atoms with Crippen LogP contribution in [0.5, 0.6) is 0 Å². The molecule has 13 aromatic rings. The summed E-state index contributed by atoms with van der Waals surface area (Å²) in [4.78, 5) is 68.8. The molecule has 17 heterocycles. The fourth-order valence-electron chi connectivity index (χ4n) is 14.0. The molecule has 7 N–H and O–H groups in total. The number of nitrogens with zero attached hydrogens (tertiary/aromatic N) is 14. The Morgan fingerprint density at radius 1 is 0.505 bits per heavy atom. The van der Waals surface area contributed by atoms with Gasteiger partial charge in [0.1, 0.15) is 35.1 Å². The number of carbonyl (C=O) groups excluding carboxylic acids is 1. The van der Waals surface area contributed by atoms with Crippen LogP contribution in [-0.2, 0) is 27.3 Å². The predicted octanol–water partition coefficient (Wildman–Crippen LogP) is 10.1. The van der Waals surface area contributed by atoms with Gasteiger partial charge in [0.2, 0.25) is 27.7 Å². The van der Waals surface area contributed by atoms with Gasteiger partial charge >= 0.3 is 7.12 Å². The summed E-state index contributed by atoms with van der Waals surface area (Å²) in [5.41, 5.74) is 11.3. The van der Waals surface area contributed by atoms with Gasteiger partial charge in [-0.25, -0.2) is 48.1 Å². The number of alkyl halides is 3. The van der Waals surface area contributed by atoms with Crippen LogP contribution in [0.2, 0.25) is 10.6 Å². The van der Waals surface area contributed by atoms with Crippen molar-refractivity contribution >= 4 is 160 Å². The lowest BCUT2D eigenvalue weighted by molar-refractivity contribution is 0.112. The minimum Gasteiger partial charge on any atom is -0.432 e. The summed E-state index contributed by atoms with van der Waals surface area (Å²) >= 11 is 12.3. The Hall–Kier alpha value is -8.96. The van der Waals surface area contributed by atoms with Crippen LogP contribution in [0.25, 0.3) is 99.8 Å². The van der Waals surface area contributed by atoms with Crippen LogP contribution >= 0.6 is 35.6 Å². The molecule has 107 heavy (non-hydrogen) atoms. The quantitative estimate of drug-likeness (QED) is 0.0483. The van der Waals surface area contributed by atoms with Crippen molar-refractivity contribution in [3.63, 3.8) is 0 Å². The Morgan fingerprint density at radius 3 is 1.38 bits per heavy atom. The first kappa shape index (κ1) is 76.2. The summed E-state index contributed by atoms with van der Waals surface area (Å²) < 4.78 is 73.6. The van der Waals surface area contributed by atoms with E-state index in [1.165, 1.54) is 6.20 Å². The summed E-state index contributed by atoms with van der Waals surface area (Å²) in [5.74, 6) is 2.74. The highest BCUT2D eigenvalue weighted by Gasteiger charge is 2.29. The van der Waals surface area contributed by atoms with Gasteiger partial charge < -0.3 is 73.0 Å². The molecule has 34 heteroatoms. The minimum absolute atomic E-state index is 0. The number of morpholine rings is 3. The smallest absolute Gasteiger partial charge is 0.432 e. The van der Waals surface area contributed by atoms with Crippen LogP contribution < -0.4 is 25.5 Å². The molecule has 0 amide bonds. The van der Waals surface area contributed by atoms with E-state index in [9.17, 15) is 18.0 Å². The first-order chi connectivity index (χ1) is 51.3. The van der Waals surface area contributed by atoms with Crippen LogP contribution in [0.3, 0.4) is 0 Å². The SMILES string of the molecule is Cl.FC1CCN(Cc2cnc3oc4c(N5CCOCC5)nc(-c5cccc6[nH]ccc56)nc4c3c2)CC1.FC1CCN(Cc2cnc3oc4c(N5CCOCC5)nc(Cl)nc4c3c2)CC1.FC1CCNCC1.O.O=Cc1cnc2oc3c(N4CCOCC4)nc(Cl)nc3c2c1.OB(O)c1cccc2[nH]ccc12. The number of fused-ring (bicyclic) bond motifs is 11. The Labute approximate surface area is 627 Å². The maximum absolute atomic E-state index is 13.6. The maximum Gasteiger partial charge on any atom is 0.489 e. The van der Waals surface area contributed by atoms with Crippen molar-refractivity contribution in [3.8, 4) is 11.4 Å². The van der Waals surface area contributed by atoms with Crippen molar-refractivity contribution in [3.05, 3.63) is 125 Å². The maximum atomic E-state index is 13.6. The molecule has 0 atom stereocenters. The van der Waals surface area contributed by atoms with Gasteiger partial charge in [-0.05, 0) is 139 Å².